The molecule has 0 spiro atoms. The molecule has 1 saturated heterocycles. The van der Waals surface area contributed by atoms with Gasteiger partial charge in [-0.05, 0) is 24.8 Å². The molecule has 0 amide bonds. The molecule has 1 aliphatic carbocycles. The fourth-order valence-electron chi connectivity index (χ4n) is 3.61. The summed E-state index contributed by atoms with van der Waals surface area (Å²) in [5.74, 6) is 0.944. The van der Waals surface area contributed by atoms with Gasteiger partial charge in [-0.1, -0.05) is 25.0 Å². The summed E-state index contributed by atoms with van der Waals surface area (Å²) >= 11 is 0. The van der Waals surface area contributed by atoms with Crippen LogP contribution in [-0.4, -0.2) is 42.8 Å². The lowest BCUT2D eigenvalue weighted by Gasteiger charge is -2.37. The van der Waals surface area contributed by atoms with Crippen LogP contribution in [0.2, 0.25) is 0 Å². The molecule has 0 radical (unpaired) electrons. The molecule has 3 rings (SSSR count). The van der Waals surface area contributed by atoms with Gasteiger partial charge in [-0.3, -0.25) is 4.90 Å². The molecule has 0 aromatic heterocycles. The van der Waals surface area contributed by atoms with Crippen molar-refractivity contribution in [3.05, 3.63) is 24.3 Å². The predicted octanol–water partition coefficient (Wildman–Crippen LogP) is 1.58. The molecule has 1 saturated carbocycles. The van der Waals surface area contributed by atoms with Crippen LogP contribution >= 0.6 is 0 Å². The fraction of sp³-hybridized carbons (Fsp3) is 0.625. The number of hydrogen-bond acceptors (Lipinski definition) is 3. The van der Waals surface area contributed by atoms with Crippen LogP contribution in [0.15, 0.2) is 24.3 Å². The van der Waals surface area contributed by atoms with E-state index in [1.165, 1.54) is 37.7 Å². The second-order valence-electron chi connectivity index (χ2n) is 6.13. The van der Waals surface area contributed by atoms with Crippen LogP contribution < -0.4 is 10.4 Å². The number of piperazine rings is 1. The minimum atomic E-state index is 0.928. The Labute approximate surface area is 121 Å². The van der Waals surface area contributed by atoms with Crippen molar-refractivity contribution in [3.63, 3.8) is 0 Å². The van der Waals surface area contributed by atoms with E-state index in [1.54, 1.807) is 0 Å². The first-order valence-corrected chi connectivity index (χ1v) is 7.90. The van der Waals surface area contributed by atoms with Crippen molar-refractivity contribution in [1.29, 1.82) is 0 Å². The second-order valence-corrected chi connectivity index (χ2v) is 6.13. The zero-order valence-corrected chi connectivity index (χ0v) is 12.2. The van der Waals surface area contributed by atoms with E-state index in [2.05, 4.69) is 15.9 Å². The Bertz CT molecular complexity index is 423. The molecule has 1 aromatic rings. The van der Waals surface area contributed by atoms with Crippen molar-refractivity contribution in [1.82, 2.24) is 4.90 Å². The molecule has 4 nitrogen and oxygen atoms in total. The number of nitrogens with two attached hydrogens (primary N) is 1. The molecule has 3 N–H and O–H groups in total. The van der Waals surface area contributed by atoms with Crippen LogP contribution in [0.4, 0.5) is 11.4 Å². The van der Waals surface area contributed by atoms with Gasteiger partial charge in [0.2, 0.25) is 0 Å². The Kier molecular flexibility index (Phi) is 4.55. The van der Waals surface area contributed by atoms with Gasteiger partial charge in [0.1, 0.15) is 5.69 Å². The van der Waals surface area contributed by atoms with Gasteiger partial charge in [0, 0.05) is 38.8 Å². The lowest BCUT2D eigenvalue weighted by molar-refractivity contribution is -0.825. The van der Waals surface area contributed by atoms with Gasteiger partial charge < -0.3 is 4.90 Å². The van der Waals surface area contributed by atoms with Crippen LogP contribution in [0.3, 0.4) is 0 Å². The molecule has 20 heavy (non-hydrogen) atoms. The van der Waals surface area contributed by atoms with E-state index in [-0.39, 0.29) is 0 Å². The Morgan fingerprint density at radius 3 is 2.45 bits per heavy atom. The van der Waals surface area contributed by atoms with E-state index in [0.717, 1.165) is 43.5 Å². The van der Waals surface area contributed by atoms with E-state index >= 15 is 0 Å². The predicted molar refractivity (Wildman–Crippen MR) is 80.4 cm³/mol. The summed E-state index contributed by atoms with van der Waals surface area (Å²) in [4.78, 5) is 5.02. The zero-order chi connectivity index (χ0) is 13.8. The summed E-state index contributed by atoms with van der Waals surface area (Å²) < 4.78 is 0. The first-order chi connectivity index (χ1) is 9.86. The Hall–Kier alpha value is -1.10. The third kappa shape index (κ3) is 3.14. The molecule has 0 unspecified atom stereocenters. The number of para-hydroxylation sites is 2. The highest BCUT2D eigenvalue weighted by molar-refractivity contribution is 5.62. The average molecular weight is 276 g/mol. The largest absolute Gasteiger partial charge is 0.364 e. The van der Waals surface area contributed by atoms with Gasteiger partial charge in [-0.25, -0.2) is 5.21 Å². The molecular formula is C16H26N3O+. The smallest absolute Gasteiger partial charge is 0.185 e. The third-order valence-corrected chi connectivity index (χ3v) is 4.78. The summed E-state index contributed by atoms with van der Waals surface area (Å²) in [5, 5.41) is 9.33. The maximum Gasteiger partial charge on any atom is 0.185 e. The maximum atomic E-state index is 9.33. The normalized spacial score (nSPS) is 21.6. The van der Waals surface area contributed by atoms with Crippen LogP contribution in [0.5, 0.6) is 0 Å². The Morgan fingerprint density at radius 1 is 1.05 bits per heavy atom. The minimum Gasteiger partial charge on any atom is -0.364 e. The number of rotatable bonds is 4. The Morgan fingerprint density at radius 2 is 1.75 bits per heavy atom. The monoisotopic (exact) mass is 276 g/mol. The number of benzene rings is 1. The van der Waals surface area contributed by atoms with E-state index in [1.807, 2.05) is 18.2 Å². The average Bonchev–Trinajstić information content (AvgIpc) is 3.01. The molecule has 1 aliphatic heterocycles. The lowest BCUT2D eigenvalue weighted by atomic mass is 10.1. The maximum absolute atomic E-state index is 9.33. The van der Waals surface area contributed by atoms with Gasteiger partial charge in [-0.15, -0.1) is 0 Å². The van der Waals surface area contributed by atoms with Crippen molar-refractivity contribution >= 4 is 11.4 Å². The van der Waals surface area contributed by atoms with Gasteiger partial charge in [-0.2, -0.15) is 5.48 Å². The van der Waals surface area contributed by atoms with E-state index in [0.29, 0.717) is 0 Å². The first kappa shape index (κ1) is 13.9. The summed E-state index contributed by atoms with van der Waals surface area (Å²) in [6.45, 7) is 5.73. The van der Waals surface area contributed by atoms with Crippen LogP contribution in [0.1, 0.15) is 25.7 Å². The van der Waals surface area contributed by atoms with Gasteiger partial charge in [0.05, 0.1) is 0 Å². The van der Waals surface area contributed by atoms with Crippen molar-refractivity contribution in [2.45, 2.75) is 25.7 Å². The molecule has 0 atom stereocenters. The topological polar surface area (TPSA) is 43.3 Å². The molecule has 4 heteroatoms. The molecular weight excluding hydrogens is 250 g/mol. The molecule has 110 valence electrons. The molecule has 1 heterocycles. The van der Waals surface area contributed by atoms with Crippen molar-refractivity contribution in [2.75, 3.05) is 37.6 Å². The number of nitrogens with zero attached hydrogens (tertiary/aromatic N) is 2. The van der Waals surface area contributed by atoms with Gasteiger partial charge >= 0.3 is 0 Å². The standard InChI is InChI=1S/C16H25N3O/c20-17-15-7-3-4-8-16(15)19-11-9-18(10-12-19)13-14-5-1-2-6-14/h3-4,7-8,14,17,20H,1-2,5-6,9-13H2/p+1. The second kappa shape index (κ2) is 6.57. The number of quaternary nitrogens is 1. The Balaban J connectivity index is 1.55. The van der Waals surface area contributed by atoms with Gasteiger partial charge in [0.15, 0.2) is 5.69 Å². The summed E-state index contributed by atoms with van der Waals surface area (Å²) in [7, 11) is 0. The van der Waals surface area contributed by atoms with E-state index in [4.69, 9.17) is 0 Å². The highest BCUT2D eigenvalue weighted by atomic mass is 16.5. The lowest BCUT2D eigenvalue weighted by Crippen LogP contribution is -2.74. The van der Waals surface area contributed by atoms with Crippen molar-refractivity contribution in [3.8, 4) is 0 Å². The molecule has 1 aromatic carbocycles. The van der Waals surface area contributed by atoms with E-state index < -0.39 is 0 Å². The van der Waals surface area contributed by atoms with Crippen molar-refractivity contribution in [2.24, 2.45) is 5.92 Å². The molecule has 2 aliphatic rings. The highest BCUT2D eigenvalue weighted by Gasteiger charge is 2.23. The number of hydrogen-bond donors (Lipinski definition) is 2. The zero-order valence-electron chi connectivity index (χ0n) is 12.2. The SMILES string of the molecule is O[NH2+]c1ccccc1N1CCN(CC2CCCC2)CC1. The number of anilines is 1. The van der Waals surface area contributed by atoms with E-state index in [9.17, 15) is 5.21 Å². The first-order valence-electron chi connectivity index (χ1n) is 7.90. The summed E-state index contributed by atoms with van der Waals surface area (Å²) in [5.41, 5.74) is 3.31. The third-order valence-electron chi connectivity index (χ3n) is 4.78. The van der Waals surface area contributed by atoms with Crippen LogP contribution in [0, 0.1) is 5.92 Å². The highest BCUT2D eigenvalue weighted by Crippen LogP contribution is 2.27. The van der Waals surface area contributed by atoms with Crippen LogP contribution in [-0.2, 0) is 0 Å². The quantitative estimate of drug-likeness (QED) is 0.648. The van der Waals surface area contributed by atoms with Gasteiger partial charge in [0.25, 0.3) is 0 Å². The minimum absolute atomic E-state index is 0.928. The van der Waals surface area contributed by atoms with Crippen molar-refractivity contribution < 1.29 is 10.7 Å². The molecule has 2 fully saturated rings. The van der Waals surface area contributed by atoms with Crippen LogP contribution in [0.25, 0.3) is 0 Å². The summed E-state index contributed by atoms with van der Waals surface area (Å²) in [6.07, 6.45) is 5.74. The fourth-order valence-corrected chi connectivity index (χ4v) is 3.61. The molecule has 0 bridgehead atoms. The summed E-state index contributed by atoms with van der Waals surface area (Å²) in [6, 6.07) is 8.10.